The number of halogens is 3. The van der Waals surface area contributed by atoms with Gasteiger partial charge in [-0.15, -0.1) is 11.3 Å². The second-order valence-corrected chi connectivity index (χ2v) is 10.0. The molecule has 2 heterocycles. The van der Waals surface area contributed by atoms with Gasteiger partial charge < -0.3 is 10.1 Å². The zero-order valence-corrected chi connectivity index (χ0v) is 19.8. The fraction of sp³-hybridized carbons (Fsp3) is 0.545. The van der Waals surface area contributed by atoms with Crippen molar-refractivity contribution in [3.63, 3.8) is 0 Å². The molecule has 0 saturated carbocycles. The predicted octanol–water partition coefficient (Wildman–Crippen LogP) is 5.22. The Morgan fingerprint density at radius 3 is 2.48 bits per heavy atom. The maximum absolute atomic E-state index is 13.5. The summed E-state index contributed by atoms with van der Waals surface area (Å²) in [5.74, 6) is -1.06. The number of thioether (sulfide) groups is 1. The fourth-order valence-corrected chi connectivity index (χ4v) is 6.19. The Morgan fingerprint density at radius 2 is 1.76 bits per heavy atom. The summed E-state index contributed by atoms with van der Waals surface area (Å²) in [6.45, 7) is 1.95. The van der Waals surface area contributed by atoms with Gasteiger partial charge in [-0.3, -0.25) is 4.79 Å². The van der Waals surface area contributed by atoms with Gasteiger partial charge in [0.05, 0.1) is 17.9 Å². The molecule has 33 heavy (non-hydrogen) atoms. The van der Waals surface area contributed by atoms with Gasteiger partial charge in [0, 0.05) is 16.1 Å². The molecule has 0 atom stereocenters. The molecule has 0 saturated heterocycles. The Kier molecular flexibility index (Phi) is 7.28. The number of hydrogen-bond acceptors (Lipinski definition) is 7. The molecule has 2 aromatic rings. The van der Waals surface area contributed by atoms with Crippen LogP contribution in [0.3, 0.4) is 0 Å². The van der Waals surface area contributed by atoms with Crippen molar-refractivity contribution < 1.29 is 27.5 Å². The number of alkyl halides is 3. The minimum absolute atomic E-state index is 0.0609. The Balaban J connectivity index is 1.50. The molecule has 6 nitrogen and oxygen atoms in total. The Morgan fingerprint density at radius 1 is 1.06 bits per heavy atom. The summed E-state index contributed by atoms with van der Waals surface area (Å²) in [5, 5.41) is 3.14. The smallest absolute Gasteiger partial charge is 0.433 e. The van der Waals surface area contributed by atoms with Crippen LogP contribution in [0, 0.1) is 0 Å². The molecule has 178 valence electrons. The molecule has 0 aliphatic heterocycles. The van der Waals surface area contributed by atoms with E-state index in [9.17, 15) is 22.8 Å². The van der Waals surface area contributed by atoms with Gasteiger partial charge in [-0.2, -0.15) is 13.2 Å². The highest BCUT2D eigenvalue weighted by atomic mass is 32.2. The highest BCUT2D eigenvalue weighted by Crippen LogP contribution is 2.39. The monoisotopic (exact) mass is 499 g/mol. The van der Waals surface area contributed by atoms with E-state index in [2.05, 4.69) is 15.3 Å². The molecule has 2 aliphatic rings. The van der Waals surface area contributed by atoms with Crippen molar-refractivity contribution in [3.8, 4) is 0 Å². The van der Waals surface area contributed by atoms with Crippen LogP contribution in [-0.2, 0) is 41.4 Å². The van der Waals surface area contributed by atoms with Crippen molar-refractivity contribution in [2.45, 2.75) is 69.6 Å². The van der Waals surface area contributed by atoms with E-state index in [0.29, 0.717) is 35.5 Å². The zero-order valence-electron chi connectivity index (χ0n) is 18.1. The van der Waals surface area contributed by atoms with Gasteiger partial charge in [0.1, 0.15) is 5.00 Å². The normalized spacial score (nSPS) is 15.5. The van der Waals surface area contributed by atoms with Crippen molar-refractivity contribution in [1.82, 2.24) is 9.97 Å². The van der Waals surface area contributed by atoms with E-state index in [4.69, 9.17) is 4.74 Å². The number of nitrogens with zero attached hydrogens (tertiary/aromatic N) is 2. The van der Waals surface area contributed by atoms with Crippen LogP contribution in [0.25, 0.3) is 0 Å². The highest BCUT2D eigenvalue weighted by molar-refractivity contribution is 7.99. The third-order valence-corrected chi connectivity index (χ3v) is 7.72. The number of ether oxygens (including phenoxy) is 1. The van der Waals surface area contributed by atoms with Gasteiger partial charge in [0.2, 0.25) is 5.91 Å². The van der Waals surface area contributed by atoms with Gasteiger partial charge in [-0.05, 0) is 63.9 Å². The van der Waals surface area contributed by atoms with E-state index in [1.807, 2.05) is 0 Å². The minimum atomic E-state index is -4.56. The molecule has 0 radical (unpaired) electrons. The Labute approximate surface area is 197 Å². The maximum atomic E-state index is 13.5. The first kappa shape index (κ1) is 24.0. The molecule has 0 fully saturated rings. The van der Waals surface area contributed by atoms with Crippen LogP contribution in [0.1, 0.15) is 70.4 Å². The second kappa shape index (κ2) is 10.0. The number of carbonyl (C=O) groups is 2. The number of hydrogen-bond donors (Lipinski definition) is 1. The summed E-state index contributed by atoms with van der Waals surface area (Å²) >= 11 is 2.23. The molecule has 4 rings (SSSR count). The number of fused-ring (bicyclic) bond motifs is 2. The molecule has 0 unspecified atom stereocenters. The number of rotatable bonds is 6. The Bertz CT molecular complexity index is 1070. The van der Waals surface area contributed by atoms with Crippen molar-refractivity contribution in [2.75, 3.05) is 17.7 Å². The molecule has 2 aliphatic carbocycles. The van der Waals surface area contributed by atoms with Crippen LogP contribution < -0.4 is 5.32 Å². The van der Waals surface area contributed by atoms with Crippen LogP contribution >= 0.6 is 23.1 Å². The molecule has 0 aromatic carbocycles. The number of anilines is 1. The summed E-state index contributed by atoms with van der Waals surface area (Å²) in [6.07, 6.45) is 1.29. The average Bonchev–Trinajstić information content (AvgIpc) is 3.14. The van der Waals surface area contributed by atoms with E-state index >= 15 is 0 Å². The largest absolute Gasteiger partial charge is 0.462 e. The lowest BCUT2D eigenvalue weighted by atomic mass is 9.94. The number of esters is 1. The lowest BCUT2D eigenvalue weighted by Crippen LogP contribution is -2.20. The minimum Gasteiger partial charge on any atom is -0.462 e. The Hall–Kier alpha value is -2.14. The highest BCUT2D eigenvalue weighted by Gasteiger charge is 2.38. The van der Waals surface area contributed by atoms with Crippen molar-refractivity contribution in [3.05, 3.63) is 33.0 Å². The molecule has 1 amide bonds. The van der Waals surface area contributed by atoms with Gasteiger partial charge in [-0.25, -0.2) is 14.8 Å². The van der Waals surface area contributed by atoms with Crippen molar-refractivity contribution in [2.24, 2.45) is 0 Å². The van der Waals surface area contributed by atoms with Gasteiger partial charge in [0.15, 0.2) is 10.9 Å². The topological polar surface area (TPSA) is 81.2 Å². The third kappa shape index (κ3) is 5.34. The van der Waals surface area contributed by atoms with E-state index in [1.165, 1.54) is 11.3 Å². The summed E-state index contributed by atoms with van der Waals surface area (Å²) in [7, 11) is 0. The van der Waals surface area contributed by atoms with Crippen molar-refractivity contribution >= 4 is 40.0 Å². The van der Waals surface area contributed by atoms with Crippen LogP contribution in [0.5, 0.6) is 0 Å². The predicted molar refractivity (Wildman–Crippen MR) is 120 cm³/mol. The quantitative estimate of drug-likeness (QED) is 0.333. The summed E-state index contributed by atoms with van der Waals surface area (Å²) in [5.41, 5.74) is 1.03. The number of aromatic nitrogens is 2. The van der Waals surface area contributed by atoms with Crippen molar-refractivity contribution in [1.29, 1.82) is 0 Å². The van der Waals surface area contributed by atoms with Gasteiger partial charge in [0.25, 0.3) is 0 Å². The molecular weight excluding hydrogens is 475 g/mol. The molecule has 11 heteroatoms. The first-order valence-electron chi connectivity index (χ1n) is 11.0. The lowest BCUT2D eigenvalue weighted by Gasteiger charge is -2.20. The number of carbonyl (C=O) groups excluding carboxylic acids is 2. The molecule has 0 spiro atoms. The van der Waals surface area contributed by atoms with Crippen LogP contribution in [-0.4, -0.2) is 34.2 Å². The van der Waals surface area contributed by atoms with Gasteiger partial charge >= 0.3 is 12.1 Å². The van der Waals surface area contributed by atoms with Crippen LogP contribution in [0.15, 0.2) is 5.16 Å². The van der Waals surface area contributed by atoms with Gasteiger partial charge in [-0.1, -0.05) is 11.8 Å². The number of thiophene rings is 1. The first-order valence-corrected chi connectivity index (χ1v) is 12.8. The molecule has 1 N–H and O–H groups in total. The van der Waals surface area contributed by atoms with E-state index < -0.39 is 23.7 Å². The molecule has 0 bridgehead atoms. The summed E-state index contributed by atoms with van der Waals surface area (Å²) in [4.78, 5) is 34.3. The number of amides is 1. The van der Waals surface area contributed by atoms with Crippen LogP contribution in [0.4, 0.5) is 18.2 Å². The summed E-state index contributed by atoms with van der Waals surface area (Å²) in [6, 6.07) is 0. The third-order valence-electron chi connectivity index (χ3n) is 5.67. The van der Waals surface area contributed by atoms with E-state index in [0.717, 1.165) is 54.3 Å². The molecule has 2 aromatic heterocycles. The fourth-order valence-electron chi connectivity index (χ4n) is 4.24. The summed E-state index contributed by atoms with van der Waals surface area (Å²) < 4.78 is 45.7. The molecular formula is C22H24F3N3O3S2. The van der Waals surface area contributed by atoms with E-state index in [1.54, 1.807) is 6.92 Å². The SMILES string of the molecule is CCOC(=O)c1c(NC(=O)CSc2nc3c(c(C(F)(F)F)n2)CCCC3)sc2c1CCCC2. The number of aryl methyl sites for hydroxylation is 2. The standard InChI is InChI=1S/C22H24F3N3O3S2/c1-2-31-20(30)17-13-8-4-6-10-15(13)33-19(17)27-16(29)11-32-21-26-14-9-5-3-7-12(14)18(28-21)22(23,24)25/h2-11H2,1H3,(H,27,29). The lowest BCUT2D eigenvalue weighted by molar-refractivity contribution is -0.142. The zero-order chi connectivity index (χ0) is 23.6. The number of nitrogens with one attached hydrogen (secondary N) is 1. The maximum Gasteiger partial charge on any atom is 0.433 e. The average molecular weight is 500 g/mol. The van der Waals surface area contributed by atoms with Crippen LogP contribution in [0.2, 0.25) is 0 Å². The van der Waals surface area contributed by atoms with E-state index in [-0.39, 0.29) is 23.1 Å². The first-order chi connectivity index (χ1) is 15.8. The second-order valence-electron chi connectivity index (χ2n) is 7.96.